The lowest BCUT2D eigenvalue weighted by molar-refractivity contribution is -0.148. The molecule has 0 aliphatic carbocycles. The van der Waals surface area contributed by atoms with E-state index in [0.717, 1.165) is 17.7 Å². The summed E-state index contributed by atoms with van der Waals surface area (Å²) in [6, 6.07) is 3.48. The largest absolute Gasteiger partial charge is 0.372 e. The Hall–Kier alpha value is -0.960. The van der Waals surface area contributed by atoms with Gasteiger partial charge in [-0.3, -0.25) is 4.79 Å². The first-order valence-electron chi connectivity index (χ1n) is 8.78. The van der Waals surface area contributed by atoms with Crippen LogP contribution in [0.5, 0.6) is 0 Å². The number of morpholine rings is 1. The molecule has 6 nitrogen and oxygen atoms in total. The van der Waals surface area contributed by atoms with Gasteiger partial charge in [0.2, 0.25) is 5.91 Å². The van der Waals surface area contributed by atoms with Crippen molar-refractivity contribution in [1.29, 1.82) is 0 Å². The Kier molecular flexibility index (Phi) is 5.53. The van der Waals surface area contributed by atoms with Gasteiger partial charge in [-0.15, -0.1) is 11.3 Å². The zero-order chi connectivity index (χ0) is 18.2. The van der Waals surface area contributed by atoms with E-state index >= 15 is 0 Å². The van der Waals surface area contributed by atoms with E-state index in [1.54, 1.807) is 6.07 Å². The molecule has 3 atom stereocenters. The minimum absolute atomic E-state index is 0.0187. The number of sulfonamides is 1. The Morgan fingerprint density at radius 1 is 1.20 bits per heavy atom. The van der Waals surface area contributed by atoms with E-state index in [4.69, 9.17) is 4.74 Å². The van der Waals surface area contributed by atoms with Gasteiger partial charge in [0.25, 0.3) is 10.0 Å². The van der Waals surface area contributed by atoms with Crippen LogP contribution >= 0.6 is 11.3 Å². The lowest BCUT2D eigenvalue weighted by Crippen LogP contribution is -2.53. The second-order valence-corrected chi connectivity index (χ2v) is 10.5. The zero-order valence-corrected chi connectivity index (χ0v) is 16.6. The van der Waals surface area contributed by atoms with Crippen LogP contribution in [0.1, 0.15) is 31.6 Å². The minimum Gasteiger partial charge on any atom is -0.372 e. The maximum atomic E-state index is 12.9. The molecule has 0 saturated carbocycles. The fourth-order valence-corrected chi connectivity index (χ4v) is 6.62. The Morgan fingerprint density at radius 3 is 2.48 bits per heavy atom. The van der Waals surface area contributed by atoms with Crippen LogP contribution < -0.4 is 0 Å². The van der Waals surface area contributed by atoms with Crippen LogP contribution in [0.3, 0.4) is 0 Å². The van der Waals surface area contributed by atoms with Crippen LogP contribution in [0.25, 0.3) is 0 Å². The molecule has 1 aromatic heterocycles. The maximum absolute atomic E-state index is 12.9. The number of thiophene rings is 1. The van der Waals surface area contributed by atoms with Crippen molar-refractivity contribution >= 4 is 27.3 Å². The first-order chi connectivity index (χ1) is 11.8. The SMILES string of the molecule is Cc1ccc(S(=O)(=O)N2CCCC(C(=O)N3CC(C)OC(C)C3)C2)s1. The highest BCUT2D eigenvalue weighted by molar-refractivity contribution is 7.91. The van der Waals surface area contributed by atoms with Crippen molar-refractivity contribution in [3.05, 3.63) is 17.0 Å². The first-order valence-corrected chi connectivity index (χ1v) is 11.0. The molecule has 2 aliphatic heterocycles. The van der Waals surface area contributed by atoms with Crippen LogP contribution in [0.2, 0.25) is 0 Å². The van der Waals surface area contributed by atoms with E-state index in [-0.39, 0.29) is 30.6 Å². The highest BCUT2D eigenvalue weighted by atomic mass is 32.2. The highest BCUT2D eigenvalue weighted by Crippen LogP contribution is 2.29. The van der Waals surface area contributed by atoms with Crippen molar-refractivity contribution in [1.82, 2.24) is 9.21 Å². The summed E-state index contributed by atoms with van der Waals surface area (Å²) in [5.41, 5.74) is 0. The summed E-state index contributed by atoms with van der Waals surface area (Å²) < 4.78 is 33.2. The van der Waals surface area contributed by atoms with E-state index in [9.17, 15) is 13.2 Å². The molecule has 1 amide bonds. The average molecular weight is 387 g/mol. The molecule has 8 heteroatoms. The molecule has 2 aliphatic rings. The second kappa shape index (κ2) is 7.34. The molecular formula is C17H26N2O4S2. The molecule has 25 heavy (non-hydrogen) atoms. The van der Waals surface area contributed by atoms with Crippen LogP contribution in [-0.2, 0) is 19.6 Å². The first kappa shape index (κ1) is 18.8. The van der Waals surface area contributed by atoms with E-state index in [0.29, 0.717) is 23.8 Å². The summed E-state index contributed by atoms with van der Waals surface area (Å²) in [5, 5.41) is 0. The van der Waals surface area contributed by atoms with E-state index in [2.05, 4.69) is 0 Å². The molecular weight excluding hydrogens is 360 g/mol. The number of hydrogen-bond acceptors (Lipinski definition) is 5. The number of rotatable bonds is 3. The van der Waals surface area contributed by atoms with Crippen LogP contribution in [0.4, 0.5) is 0 Å². The van der Waals surface area contributed by atoms with E-state index < -0.39 is 10.0 Å². The molecule has 3 rings (SSSR count). The van der Waals surface area contributed by atoms with E-state index in [1.807, 2.05) is 31.7 Å². The number of aryl methyl sites for hydroxylation is 1. The fourth-order valence-electron chi connectivity index (χ4n) is 3.66. The van der Waals surface area contributed by atoms with Crippen LogP contribution in [-0.4, -0.2) is 61.9 Å². The lowest BCUT2D eigenvalue weighted by atomic mass is 9.97. The third-order valence-electron chi connectivity index (χ3n) is 4.77. The molecule has 2 fully saturated rings. The fraction of sp³-hybridized carbons (Fsp3) is 0.706. The molecule has 3 heterocycles. The third kappa shape index (κ3) is 4.07. The van der Waals surface area contributed by atoms with Gasteiger partial charge in [0.1, 0.15) is 4.21 Å². The molecule has 140 valence electrons. The quantitative estimate of drug-likeness (QED) is 0.798. The van der Waals surface area contributed by atoms with Gasteiger partial charge in [-0.25, -0.2) is 8.42 Å². The number of carbonyl (C=O) groups is 1. The summed E-state index contributed by atoms with van der Waals surface area (Å²) in [6.07, 6.45) is 1.50. The van der Waals surface area contributed by atoms with Gasteiger partial charge >= 0.3 is 0 Å². The smallest absolute Gasteiger partial charge is 0.252 e. The highest BCUT2D eigenvalue weighted by Gasteiger charge is 2.37. The average Bonchev–Trinajstić information content (AvgIpc) is 3.00. The van der Waals surface area contributed by atoms with Gasteiger partial charge in [0.05, 0.1) is 18.1 Å². The molecule has 0 bridgehead atoms. The number of nitrogens with zero attached hydrogens (tertiary/aromatic N) is 2. The Bertz CT molecular complexity index is 721. The van der Waals surface area contributed by atoms with Crippen molar-refractivity contribution in [2.24, 2.45) is 5.92 Å². The Balaban J connectivity index is 1.71. The van der Waals surface area contributed by atoms with Gasteiger partial charge in [-0.2, -0.15) is 4.31 Å². The van der Waals surface area contributed by atoms with Gasteiger partial charge in [0.15, 0.2) is 0 Å². The maximum Gasteiger partial charge on any atom is 0.252 e. The van der Waals surface area contributed by atoms with Crippen molar-refractivity contribution in [3.63, 3.8) is 0 Å². The lowest BCUT2D eigenvalue weighted by Gasteiger charge is -2.39. The molecule has 2 saturated heterocycles. The molecule has 0 radical (unpaired) electrons. The van der Waals surface area contributed by atoms with Crippen molar-refractivity contribution in [2.45, 2.75) is 50.0 Å². The van der Waals surface area contributed by atoms with Crippen molar-refractivity contribution in [2.75, 3.05) is 26.2 Å². The van der Waals surface area contributed by atoms with Gasteiger partial charge in [-0.05, 0) is 45.7 Å². The van der Waals surface area contributed by atoms with Crippen LogP contribution in [0, 0.1) is 12.8 Å². The van der Waals surface area contributed by atoms with E-state index in [1.165, 1.54) is 15.6 Å². The minimum atomic E-state index is -3.50. The second-order valence-electron chi connectivity index (χ2n) is 7.07. The van der Waals surface area contributed by atoms with Gasteiger partial charge in [0, 0.05) is 31.1 Å². The van der Waals surface area contributed by atoms with Crippen molar-refractivity contribution < 1.29 is 17.9 Å². The monoisotopic (exact) mass is 386 g/mol. The molecule has 1 aromatic rings. The predicted octanol–water partition coefficient (Wildman–Crippen LogP) is 2.09. The summed E-state index contributed by atoms with van der Waals surface area (Å²) >= 11 is 1.29. The summed E-state index contributed by atoms with van der Waals surface area (Å²) in [7, 11) is -3.50. The number of ether oxygens (including phenoxy) is 1. The number of amides is 1. The van der Waals surface area contributed by atoms with Gasteiger partial charge in [-0.1, -0.05) is 0 Å². The summed E-state index contributed by atoms with van der Waals surface area (Å²) in [5.74, 6) is -0.202. The van der Waals surface area contributed by atoms with Crippen molar-refractivity contribution in [3.8, 4) is 0 Å². The third-order valence-corrected chi connectivity index (χ3v) is 8.11. The van der Waals surface area contributed by atoms with Gasteiger partial charge < -0.3 is 9.64 Å². The molecule has 0 spiro atoms. The summed E-state index contributed by atoms with van der Waals surface area (Å²) in [4.78, 5) is 15.7. The topological polar surface area (TPSA) is 66.9 Å². The standard InChI is InChI=1S/C17H26N2O4S2/c1-12-9-18(10-13(2)23-12)17(20)15-5-4-8-19(11-15)25(21,22)16-7-6-14(3)24-16/h6-7,12-13,15H,4-5,8-11H2,1-3H3. The number of carbonyl (C=O) groups excluding carboxylic acids is 1. The number of piperidine rings is 1. The molecule has 3 unspecified atom stereocenters. The number of hydrogen-bond donors (Lipinski definition) is 0. The molecule has 0 N–H and O–H groups in total. The zero-order valence-electron chi connectivity index (χ0n) is 15.0. The molecule has 0 aromatic carbocycles. The Morgan fingerprint density at radius 2 is 1.88 bits per heavy atom. The van der Waals surface area contributed by atoms with Crippen LogP contribution in [0.15, 0.2) is 16.3 Å². The summed E-state index contributed by atoms with van der Waals surface area (Å²) in [6.45, 7) is 7.75. The Labute approximate surface area is 153 Å². The predicted molar refractivity (Wildman–Crippen MR) is 97.1 cm³/mol. The normalized spacial score (nSPS) is 28.9.